The summed E-state index contributed by atoms with van der Waals surface area (Å²) in [5, 5.41) is 8.82. The van der Waals surface area contributed by atoms with E-state index in [1.54, 1.807) is 26.4 Å². The highest BCUT2D eigenvalue weighted by molar-refractivity contribution is 5.62. The van der Waals surface area contributed by atoms with Crippen LogP contribution in [0.5, 0.6) is 17.2 Å². The van der Waals surface area contributed by atoms with Gasteiger partial charge < -0.3 is 19.3 Å². The lowest BCUT2D eigenvalue weighted by Gasteiger charge is -2.14. The molecule has 0 saturated carbocycles. The molecule has 110 valence electrons. The van der Waals surface area contributed by atoms with E-state index < -0.39 is 0 Å². The summed E-state index contributed by atoms with van der Waals surface area (Å²) < 4.78 is 16.4. The van der Waals surface area contributed by atoms with Crippen LogP contribution in [0.1, 0.15) is 19.4 Å². The topological polar surface area (TPSA) is 47.9 Å². The third-order valence-electron chi connectivity index (χ3n) is 2.62. The molecule has 0 bridgehead atoms. The zero-order valence-electron chi connectivity index (χ0n) is 12.5. The molecule has 0 spiro atoms. The van der Waals surface area contributed by atoms with Crippen LogP contribution >= 0.6 is 0 Å². The van der Waals surface area contributed by atoms with Crippen molar-refractivity contribution in [2.75, 3.05) is 27.4 Å². The molecule has 0 amide bonds. The number of rotatable bonds is 7. The third kappa shape index (κ3) is 4.63. The average Bonchev–Trinajstić information content (AvgIpc) is 2.44. The summed E-state index contributed by atoms with van der Waals surface area (Å²) in [6.07, 6.45) is 5.43. The van der Waals surface area contributed by atoms with Crippen LogP contribution in [0.4, 0.5) is 0 Å². The van der Waals surface area contributed by atoms with Gasteiger partial charge in [-0.2, -0.15) is 0 Å². The summed E-state index contributed by atoms with van der Waals surface area (Å²) in [6, 6.07) is 3.68. The minimum absolute atomic E-state index is 0.0105. The second-order valence-electron chi connectivity index (χ2n) is 4.43. The maximum Gasteiger partial charge on any atom is 0.203 e. The van der Waals surface area contributed by atoms with Crippen molar-refractivity contribution < 1.29 is 19.3 Å². The molecule has 4 heteroatoms. The Morgan fingerprint density at radius 1 is 1.15 bits per heavy atom. The molecule has 0 heterocycles. The number of allylic oxidation sites excluding steroid dienone is 1. The first-order valence-corrected chi connectivity index (χ1v) is 6.42. The Morgan fingerprint density at radius 3 is 2.20 bits per heavy atom. The molecule has 0 aliphatic rings. The van der Waals surface area contributed by atoms with Crippen LogP contribution in [0.15, 0.2) is 29.9 Å². The Morgan fingerprint density at radius 2 is 1.75 bits per heavy atom. The highest BCUT2D eigenvalue weighted by Gasteiger charge is 2.13. The van der Waals surface area contributed by atoms with E-state index in [0.717, 1.165) is 5.56 Å². The zero-order valence-corrected chi connectivity index (χ0v) is 12.5. The lowest BCUT2D eigenvalue weighted by molar-refractivity contribution is 0.300. The number of methoxy groups -OCH3 is 2. The molecule has 0 radical (unpaired) electrons. The zero-order chi connectivity index (χ0) is 15.0. The summed E-state index contributed by atoms with van der Waals surface area (Å²) in [6.45, 7) is 4.48. The van der Waals surface area contributed by atoms with E-state index >= 15 is 0 Å². The summed E-state index contributed by atoms with van der Waals surface area (Å²) in [4.78, 5) is 0. The number of benzene rings is 1. The number of aliphatic hydroxyl groups excluding tert-OH is 1. The average molecular weight is 278 g/mol. The fourth-order valence-electron chi connectivity index (χ4n) is 1.62. The minimum Gasteiger partial charge on any atom is -0.493 e. The largest absolute Gasteiger partial charge is 0.493 e. The Labute approximate surface area is 120 Å². The number of hydrogen-bond donors (Lipinski definition) is 1. The number of ether oxygens (including phenoxy) is 3. The van der Waals surface area contributed by atoms with Crippen LogP contribution in [-0.2, 0) is 0 Å². The van der Waals surface area contributed by atoms with Crippen molar-refractivity contribution >= 4 is 6.08 Å². The van der Waals surface area contributed by atoms with Crippen LogP contribution in [0.3, 0.4) is 0 Å². The second-order valence-corrected chi connectivity index (χ2v) is 4.43. The molecule has 1 aromatic rings. The molecule has 0 aromatic heterocycles. The smallest absolute Gasteiger partial charge is 0.203 e. The third-order valence-corrected chi connectivity index (χ3v) is 2.62. The van der Waals surface area contributed by atoms with E-state index in [2.05, 4.69) is 0 Å². The van der Waals surface area contributed by atoms with Gasteiger partial charge in [0.05, 0.1) is 20.8 Å². The van der Waals surface area contributed by atoms with Gasteiger partial charge in [0.1, 0.15) is 6.61 Å². The molecule has 0 aliphatic carbocycles. The van der Waals surface area contributed by atoms with E-state index in [1.807, 2.05) is 32.1 Å². The Kier molecular flexibility index (Phi) is 6.67. The van der Waals surface area contributed by atoms with Gasteiger partial charge in [0.25, 0.3) is 0 Å². The van der Waals surface area contributed by atoms with E-state index in [0.29, 0.717) is 23.9 Å². The Bertz CT molecular complexity index is 460. The van der Waals surface area contributed by atoms with Gasteiger partial charge >= 0.3 is 0 Å². The molecule has 0 atom stereocenters. The van der Waals surface area contributed by atoms with Crippen LogP contribution in [0.25, 0.3) is 6.08 Å². The predicted molar refractivity (Wildman–Crippen MR) is 80.6 cm³/mol. The van der Waals surface area contributed by atoms with Crippen molar-refractivity contribution in [3.05, 3.63) is 35.4 Å². The van der Waals surface area contributed by atoms with Crippen molar-refractivity contribution in [2.24, 2.45) is 0 Å². The first-order chi connectivity index (χ1) is 9.62. The lowest BCUT2D eigenvalue weighted by Crippen LogP contribution is -2.00. The van der Waals surface area contributed by atoms with Crippen LogP contribution in [0, 0.1) is 0 Å². The molecule has 0 fully saturated rings. The highest BCUT2D eigenvalue weighted by Crippen LogP contribution is 2.38. The van der Waals surface area contributed by atoms with Crippen molar-refractivity contribution in [1.82, 2.24) is 0 Å². The van der Waals surface area contributed by atoms with E-state index in [-0.39, 0.29) is 6.61 Å². The molecule has 20 heavy (non-hydrogen) atoms. The molecule has 1 rings (SSSR count). The normalized spacial score (nSPS) is 10.4. The second kappa shape index (κ2) is 8.27. The van der Waals surface area contributed by atoms with Gasteiger partial charge in [-0.3, -0.25) is 0 Å². The van der Waals surface area contributed by atoms with E-state index in [9.17, 15) is 0 Å². The molecule has 1 N–H and O–H groups in total. The standard InChI is InChI=1S/C16H22O4/c1-12(2)7-9-20-16-14(18-3)10-13(6-5-8-17)11-15(16)19-4/h5-7,10-11,17H,8-9H2,1-4H3. The molecular weight excluding hydrogens is 256 g/mol. The molecule has 0 saturated heterocycles. The van der Waals surface area contributed by atoms with Gasteiger partial charge in [-0.25, -0.2) is 0 Å². The molecular formula is C16H22O4. The summed E-state index contributed by atoms with van der Waals surface area (Å²) in [7, 11) is 3.17. The summed E-state index contributed by atoms with van der Waals surface area (Å²) >= 11 is 0. The molecule has 0 unspecified atom stereocenters. The van der Waals surface area contributed by atoms with Crippen LogP contribution in [0.2, 0.25) is 0 Å². The summed E-state index contributed by atoms with van der Waals surface area (Å²) in [5.41, 5.74) is 2.06. The van der Waals surface area contributed by atoms with Crippen LogP contribution in [-0.4, -0.2) is 32.5 Å². The van der Waals surface area contributed by atoms with Crippen molar-refractivity contribution in [3.63, 3.8) is 0 Å². The quantitative estimate of drug-likeness (QED) is 0.779. The lowest BCUT2D eigenvalue weighted by atomic mass is 10.1. The predicted octanol–water partition coefficient (Wildman–Crippen LogP) is 3.05. The molecule has 4 nitrogen and oxygen atoms in total. The van der Waals surface area contributed by atoms with E-state index in [4.69, 9.17) is 19.3 Å². The monoisotopic (exact) mass is 278 g/mol. The highest BCUT2D eigenvalue weighted by atomic mass is 16.5. The maximum atomic E-state index is 8.82. The SMILES string of the molecule is COc1cc(C=CCO)cc(OC)c1OCC=C(C)C. The van der Waals surface area contributed by atoms with Crippen molar-refractivity contribution in [3.8, 4) is 17.2 Å². The van der Waals surface area contributed by atoms with Crippen LogP contribution < -0.4 is 14.2 Å². The molecule has 1 aromatic carbocycles. The first kappa shape index (κ1) is 16.1. The maximum absolute atomic E-state index is 8.82. The van der Waals surface area contributed by atoms with Gasteiger partial charge in [0.2, 0.25) is 5.75 Å². The molecule has 0 aliphatic heterocycles. The summed E-state index contributed by atoms with van der Waals surface area (Å²) in [5.74, 6) is 1.78. The van der Waals surface area contributed by atoms with Gasteiger partial charge in [-0.1, -0.05) is 17.7 Å². The Hall–Kier alpha value is -1.94. The van der Waals surface area contributed by atoms with Crippen molar-refractivity contribution in [2.45, 2.75) is 13.8 Å². The van der Waals surface area contributed by atoms with Gasteiger partial charge in [-0.15, -0.1) is 0 Å². The Balaban J connectivity index is 3.08. The minimum atomic E-state index is -0.0105. The first-order valence-electron chi connectivity index (χ1n) is 6.42. The van der Waals surface area contributed by atoms with Gasteiger partial charge in [0.15, 0.2) is 11.5 Å². The van der Waals surface area contributed by atoms with Gasteiger partial charge in [0, 0.05) is 0 Å². The number of aliphatic hydroxyl groups is 1. The van der Waals surface area contributed by atoms with Crippen molar-refractivity contribution in [1.29, 1.82) is 0 Å². The van der Waals surface area contributed by atoms with Gasteiger partial charge in [-0.05, 0) is 37.6 Å². The fourth-order valence-corrected chi connectivity index (χ4v) is 1.62. The number of hydrogen-bond acceptors (Lipinski definition) is 4. The van der Waals surface area contributed by atoms with E-state index in [1.165, 1.54) is 5.57 Å². The fraction of sp³-hybridized carbons (Fsp3) is 0.375.